The summed E-state index contributed by atoms with van der Waals surface area (Å²) in [6.07, 6.45) is 4.39. The van der Waals surface area contributed by atoms with E-state index in [-0.39, 0.29) is 20.1 Å². The van der Waals surface area contributed by atoms with Gasteiger partial charge in [0.15, 0.2) is 0 Å². The topological polar surface area (TPSA) is 51.8 Å². The Kier molecular flexibility index (Phi) is 8.55. The van der Waals surface area contributed by atoms with E-state index < -0.39 is 0 Å². The van der Waals surface area contributed by atoms with Gasteiger partial charge in [-0.25, -0.2) is 4.98 Å². The van der Waals surface area contributed by atoms with E-state index in [1.54, 1.807) is 6.20 Å². The number of hydrogen-bond acceptors (Lipinski definition) is 4. The summed E-state index contributed by atoms with van der Waals surface area (Å²) in [5.41, 5.74) is 8.58. The molecule has 7 aromatic rings. The third-order valence-electron chi connectivity index (χ3n) is 6.41. The van der Waals surface area contributed by atoms with Gasteiger partial charge in [-0.2, -0.15) is 0 Å². The SMILES string of the molecule is Cc1ccnc(-c2[c-]ccc3c2oc2nc(Cc4ccccc4)ccc23)c1.[Ir].[c-]1ccccc1-c1ccccn1. The van der Waals surface area contributed by atoms with Gasteiger partial charge in [-0.05, 0) is 48.1 Å². The molecule has 0 N–H and O–H groups in total. The first kappa shape index (κ1) is 27.1. The maximum atomic E-state index is 6.17. The van der Waals surface area contributed by atoms with Crippen LogP contribution >= 0.6 is 0 Å². The van der Waals surface area contributed by atoms with Crippen molar-refractivity contribution in [3.05, 3.63) is 151 Å². The molecule has 0 fully saturated rings. The third kappa shape index (κ3) is 6.07. The number of pyridine rings is 3. The van der Waals surface area contributed by atoms with Gasteiger partial charge in [0.2, 0.25) is 5.71 Å². The Morgan fingerprint density at radius 1 is 0.700 bits per heavy atom. The zero-order chi connectivity index (χ0) is 26.4. The van der Waals surface area contributed by atoms with E-state index >= 15 is 0 Å². The van der Waals surface area contributed by atoms with Crippen molar-refractivity contribution in [1.29, 1.82) is 0 Å². The zero-order valence-corrected chi connectivity index (χ0v) is 24.2. The molecule has 0 atom stereocenters. The van der Waals surface area contributed by atoms with Crippen LogP contribution in [-0.2, 0) is 26.5 Å². The third-order valence-corrected chi connectivity index (χ3v) is 6.41. The average Bonchev–Trinajstić information content (AvgIpc) is 3.37. The van der Waals surface area contributed by atoms with Crippen LogP contribution in [-0.4, -0.2) is 15.0 Å². The summed E-state index contributed by atoms with van der Waals surface area (Å²) in [6, 6.07) is 42.6. The molecule has 0 saturated heterocycles. The van der Waals surface area contributed by atoms with Gasteiger partial charge in [0, 0.05) is 50.0 Å². The summed E-state index contributed by atoms with van der Waals surface area (Å²) >= 11 is 0. The molecular formula is C35H25IrN3O-2. The molecule has 0 spiro atoms. The van der Waals surface area contributed by atoms with Gasteiger partial charge in [-0.3, -0.25) is 0 Å². The van der Waals surface area contributed by atoms with E-state index in [1.807, 2.05) is 91.1 Å². The van der Waals surface area contributed by atoms with Crippen LogP contribution in [0.1, 0.15) is 16.8 Å². The maximum Gasteiger partial charge on any atom is 0.216 e. The molecule has 0 aliphatic carbocycles. The molecule has 40 heavy (non-hydrogen) atoms. The van der Waals surface area contributed by atoms with Crippen molar-refractivity contribution in [2.45, 2.75) is 13.3 Å². The van der Waals surface area contributed by atoms with Gasteiger partial charge < -0.3 is 14.4 Å². The predicted molar refractivity (Wildman–Crippen MR) is 156 cm³/mol. The normalized spacial score (nSPS) is 10.5. The Labute approximate surface area is 247 Å². The molecule has 0 saturated carbocycles. The van der Waals surface area contributed by atoms with Crippen molar-refractivity contribution < 1.29 is 24.5 Å². The van der Waals surface area contributed by atoms with Gasteiger partial charge in [0.05, 0.1) is 5.58 Å². The summed E-state index contributed by atoms with van der Waals surface area (Å²) in [6.45, 7) is 2.06. The first-order chi connectivity index (χ1) is 19.2. The molecule has 4 heterocycles. The molecule has 0 aliphatic rings. The van der Waals surface area contributed by atoms with E-state index in [0.717, 1.165) is 56.5 Å². The number of benzene rings is 3. The summed E-state index contributed by atoms with van der Waals surface area (Å²) in [5, 5.41) is 2.06. The summed E-state index contributed by atoms with van der Waals surface area (Å²) in [4.78, 5) is 13.5. The monoisotopic (exact) mass is 696 g/mol. The van der Waals surface area contributed by atoms with Crippen molar-refractivity contribution in [2.75, 3.05) is 0 Å². The van der Waals surface area contributed by atoms with Crippen LogP contribution in [0.3, 0.4) is 0 Å². The Hall–Kier alpha value is -4.44. The van der Waals surface area contributed by atoms with Crippen LogP contribution in [0.15, 0.2) is 126 Å². The second kappa shape index (κ2) is 12.6. The molecule has 7 rings (SSSR count). The first-order valence-corrected chi connectivity index (χ1v) is 12.8. The van der Waals surface area contributed by atoms with Gasteiger partial charge in [0.1, 0.15) is 0 Å². The molecule has 5 heteroatoms. The van der Waals surface area contributed by atoms with Crippen LogP contribution in [0, 0.1) is 19.1 Å². The van der Waals surface area contributed by atoms with Gasteiger partial charge in [0.25, 0.3) is 0 Å². The Morgan fingerprint density at radius 2 is 1.52 bits per heavy atom. The van der Waals surface area contributed by atoms with Crippen LogP contribution in [0.4, 0.5) is 0 Å². The molecule has 4 nitrogen and oxygen atoms in total. The fraction of sp³-hybridized carbons (Fsp3) is 0.0571. The van der Waals surface area contributed by atoms with Crippen LogP contribution in [0.5, 0.6) is 0 Å². The quantitative estimate of drug-likeness (QED) is 0.174. The van der Waals surface area contributed by atoms with E-state index in [9.17, 15) is 0 Å². The molecule has 4 aromatic heterocycles. The molecular weight excluding hydrogens is 671 g/mol. The Balaban J connectivity index is 0.000000209. The Bertz CT molecular complexity index is 1800. The molecule has 0 aliphatic heterocycles. The minimum absolute atomic E-state index is 0. The van der Waals surface area contributed by atoms with E-state index in [4.69, 9.17) is 9.40 Å². The van der Waals surface area contributed by atoms with E-state index in [0.29, 0.717) is 5.71 Å². The first-order valence-electron chi connectivity index (χ1n) is 12.8. The number of furan rings is 1. The van der Waals surface area contributed by atoms with Crippen molar-refractivity contribution in [3.8, 4) is 22.5 Å². The van der Waals surface area contributed by atoms with Crippen molar-refractivity contribution in [3.63, 3.8) is 0 Å². The van der Waals surface area contributed by atoms with Crippen molar-refractivity contribution in [2.24, 2.45) is 0 Å². The van der Waals surface area contributed by atoms with Crippen LogP contribution in [0.2, 0.25) is 0 Å². The summed E-state index contributed by atoms with van der Waals surface area (Å²) < 4.78 is 6.17. The predicted octanol–water partition coefficient (Wildman–Crippen LogP) is 8.29. The molecule has 3 aromatic carbocycles. The maximum absolute atomic E-state index is 6.17. The van der Waals surface area contributed by atoms with Crippen molar-refractivity contribution in [1.82, 2.24) is 15.0 Å². The van der Waals surface area contributed by atoms with Gasteiger partial charge in [-0.1, -0.05) is 65.0 Å². The summed E-state index contributed by atoms with van der Waals surface area (Å²) in [7, 11) is 0. The van der Waals surface area contributed by atoms with Crippen LogP contribution in [0.25, 0.3) is 44.6 Å². The number of nitrogens with zero attached hydrogens (tertiary/aromatic N) is 3. The second-order valence-electron chi connectivity index (χ2n) is 9.22. The number of fused-ring (bicyclic) bond motifs is 3. The number of rotatable bonds is 4. The largest absolute Gasteiger partial charge is 0.486 e. The fourth-order valence-corrected chi connectivity index (χ4v) is 4.50. The van der Waals surface area contributed by atoms with Crippen molar-refractivity contribution >= 4 is 22.1 Å². The minimum Gasteiger partial charge on any atom is -0.486 e. The smallest absolute Gasteiger partial charge is 0.216 e. The van der Waals surface area contributed by atoms with Gasteiger partial charge in [-0.15, -0.1) is 54.1 Å². The minimum atomic E-state index is 0. The molecule has 1 radical (unpaired) electrons. The number of hydrogen-bond donors (Lipinski definition) is 0. The Morgan fingerprint density at radius 3 is 2.30 bits per heavy atom. The standard InChI is InChI=1S/C24H17N2O.C11H8N.Ir/c1-16-12-13-25-22(14-16)21-9-5-8-19-20-11-10-18(26-24(20)27-23(19)21)15-17-6-3-2-4-7-17;1-2-6-10(7-3-1)11-8-4-5-9-12-11;/h2-8,10-14H,15H2,1H3;1-6,8-9H;/q2*-1;. The van der Waals surface area contributed by atoms with E-state index in [1.165, 1.54) is 5.56 Å². The zero-order valence-electron chi connectivity index (χ0n) is 21.8. The van der Waals surface area contributed by atoms with E-state index in [2.05, 4.69) is 53.3 Å². The number of aryl methyl sites for hydroxylation is 1. The fourth-order valence-electron chi connectivity index (χ4n) is 4.50. The van der Waals surface area contributed by atoms with Crippen LogP contribution < -0.4 is 0 Å². The molecule has 197 valence electrons. The molecule has 0 bridgehead atoms. The second-order valence-corrected chi connectivity index (χ2v) is 9.22. The molecule has 0 unspecified atom stereocenters. The van der Waals surface area contributed by atoms with Gasteiger partial charge >= 0.3 is 0 Å². The molecule has 0 amide bonds. The average molecular weight is 696 g/mol. The number of aromatic nitrogens is 3. The summed E-state index contributed by atoms with van der Waals surface area (Å²) in [5.74, 6) is 0.